The first-order valence-electron chi connectivity index (χ1n) is 12.3. The van der Waals surface area contributed by atoms with Crippen LogP contribution >= 0.6 is 11.6 Å². The van der Waals surface area contributed by atoms with E-state index in [1.165, 1.54) is 0 Å². The number of aryl methyl sites for hydroxylation is 1. The number of ether oxygens (including phenoxy) is 1. The van der Waals surface area contributed by atoms with Crippen LogP contribution in [0.15, 0.2) is 48.9 Å². The first-order chi connectivity index (χ1) is 18.2. The van der Waals surface area contributed by atoms with E-state index in [9.17, 15) is 9.18 Å². The molecule has 1 saturated heterocycles. The number of hydrogen-bond acceptors (Lipinski definition) is 6. The molecule has 1 aliphatic rings. The molecule has 0 bridgehead atoms. The molecule has 9 nitrogen and oxygen atoms in total. The molecule has 1 aliphatic heterocycles. The Hall–Kier alpha value is -4.05. The van der Waals surface area contributed by atoms with Gasteiger partial charge in [-0.25, -0.2) is 14.4 Å². The van der Waals surface area contributed by atoms with Crippen molar-refractivity contribution in [3.05, 3.63) is 59.8 Å². The second kappa shape index (κ2) is 9.05. The van der Waals surface area contributed by atoms with E-state index < -0.39 is 11.7 Å². The van der Waals surface area contributed by atoms with E-state index in [0.29, 0.717) is 51.8 Å². The zero-order valence-electron chi connectivity index (χ0n) is 21.1. The third kappa shape index (κ3) is 4.24. The Morgan fingerprint density at radius 1 is 1.18 bits per heavy atom. The van der Waals surface area contributed by atoms with Crippen molar-refractivity contribution in [3.63, 3.8) is 0 Å². The smallest absolute Gasteiger partial charge is 0.250 e. The van der Waals surface area contributed by atoms with Crippen LogP contribution in [0.1, 0.15) is 26.1 Å². The number of imidazole rings is 1. The number of nitrogens with zero attached hydrogens (tertiary/aromatic N) is 6. The summed E-state index contributed by atoms with van der Waals surface area (Å²) in [7, 11) is 0. The van der Waals surface area contributed by atoms with E-state index in [1.807, 2.05) is 25.1 Å². The molecule has 1 N–H and O–H groups in total. The summed E-state index contributed by atoms with van der Waals surface area (Å²) in [6.45, 7) is 5.96. The number of aromatic amines is 1. The summed E-state index contributed by atoms with van der Waals surface area (Å²) in [5, 5.41) is 4.75. The average Bonchev–Trinajstić information content (AvgIpc) is 3.64. The lowest BCUT2D eigenvalue weighted by Gasteiger charge is -2.29. The van der Waals surface area contributed by atoms with Gasteiger partial charge in [0.25, 0.3) is 0 Å². The first kappa shape index (κ1) is 24.3. The molecule has 194 valence electrons. The maximum absolute atomic E-state index is 13.7. The molecule has 5 aromatic rings. The highest BCUT2D eigenvalue weighted by Crippen LogP contribution is 2.36. The maximum atomic E-state index is 13.7. The van der Waals surface area contributed by atoms with Gasteiger partial charge in [0.05, 0.1) is 41.2 Å². The van der Waals surface area contributed by atoms with Crippen molar-refractivity contribution in [2.45, 2.75) is 38.9 Å². The van der Waals surface area contributed by atoms with Crippen LogP contribution in [0.25, 0.3) is 33.3 Å². The van der Waals surface area contributed by atoms with Crippen molar-refractivity contribution in [3.8, 4) is 22.8 Å². The Morgan fingerprint density at radius 3 is 2.79 bits per heavy atom. The lowest BCUT2D eigenvalue weighted by atomic mass is 10.0. The summed E-state index contributed by atoms with van der Waals surface area (Å²) < 4.78 is 21.3. The fraction of sp³-hybridized carbons (Fsp3) is 0.296. The highest BCUT2D eigenvalue weighted by atomic mass is 35.5. The lowest BCUT2D eigenvalue weighted by molar-refractivity contribution is -0.138. The molecule has 1 fully saturated rings. The monoisotopic (exact) mass is 533 g/mol. The van der Waals surface area contributed by atoms with Gasteiger partial charge in [-0.15, -0.1) is 0 Å². The summed E-state index contributed by atoms with van der Waals surface area (Å²) in [5.74, 6) is 1.70. The number of fused-ring (bicyclic) bond motifs is 2. The average molecular weight is 534 g/mol. The van der Waals surface area contributed by atoms with Crippen LogP contribution in [0.3, 0.4) is 0 Å². The van der Waals surface area contributed by atoms with E-state index >= 15 is 0 Å². The van der Waals surface area contributed by atoms with Gasteiger partial charge in [0, 0.05) is 24.4 Å². The lowest BCUT2D eigenvalue weighted by Crippen LogP contribution is -2.46. The molecule has 0 saturated carbocycles. The van der Waals surface area contributed by atoms with Gasteiger partial charge in [0.15, 0.2) is 0 Å². The van der Waals surface area contributed by atoms with Gasteiger partial charge < -0.3 is 14.6 Å². The summed E-state index contributed by atoms with van der Waals surface area (Å²) in [6, 6.07) is 9.13. The highest BCUT2D eigenvalue weighted by Gasteiger charge is 2.38. The number of carbonyl (C=O) groups is 1. The number of benzene rings is 2. The number of likely N-dealkylation sites (tertiary alicyclic amines) is 1. The molecule has 0 radical (unpaired) electrons. The van der Waals surface area contributed by atoms with Crippen molar-refractivity contribution in [2.75, 3.05) is 13.1 Å². The number of amides is 1. The zero-order valence-corrected chi connectivity index (χ0v) is 21.8. The van der Waals surface area contributed by atoms with Crippen LogP contribution in [0.5, 0.6) is 11.5 Å². The predicted octanol–water partition coefficient (Wildman–Crippen LogP) is 5.43. The van der Waals surface area contributed by atoms with E-state index in [-0.39, 0.29) is 12.5 Å². The molecule has 0 spiro atoms. The van der Waals surface area contributed by atoms with Crippen LogP contribution in [-0.2, 0) is 10.3 Å². The predicted molar refractivity (Wildman–Crippen MR) is 142 cm³/mol. The summed E-state index contributed by atoms with van der Waals surface area (Å²) in [6.07, 6.45) is 4.39. The number of hydrogen-bond donors (Lipinski definition) is 1. The number of halogens is 2. The van der Waals surface area contributed by atoms with Crippen molar-refractivity contribution in [1.82, 2.24) is 34.6 Å². The summed E-state index contributed by atoms with van der Waals surface area (Å²) >= 11 is 6.73. The number of rotatable bonds is 5. The van der Waals surface area contributed by atoms with Crippen molar-refractivity contribution in [2.24, 2.45) is 0 Å². The van der Waals surface area contributed by atoms with Gasteiger partial charge in [-0.1, -0.05) is 11.6 Å². The maximum Gasteiger partial charge on any atom is 0.250 e. The van der Waals surface area contributed by atoms with Crippen LogP contribution in [0.2, 0.25) is 5.02 Å². The molecule has 1 amide bonds. The Labute approximate surface area is 222 Å². The molecule has 38 heavy (non-hydrogen) atoms. The first-order valence-corrected chi connectivity index (χ1v) is 12.7. The van der Waals surface area contributed by atoms with Crippen LogP contribution in [-0.4, -0.2) is 59.8 Å². The van der Waals surface area contributed by atoms with Crippen LogP contribution in [0, 0.1) is 6.92 Å². The number of carbonyl (C=O) groups excluding carboxylic acids is 1. The van der Waals surface area contributed by atoms with Gasteiger partial charge in [0.2, 0.25) is 5.91 Å². The van der Waals surface area contributed by atoms with Gasteiger partial charge in [-0.2, -0.15) is 5.10 Å². The largest absolute Gasteiger partial charge is 0.456 e. The molecule has 1 atom stereocenters. The Morgan fingerprint density at radius 2 is 2.00 bits per heavy atom. The number of H-pyrrole nitrogens is 1. The second-order valence-electron chi connectivity index (χ2n) is 9.97. The SMILES string of the molecule is Cc1nc2ccc(Oc3ccc4ncc(-c5cnn(C(C)(C)C(=O)N6CC[C@@H](F)C6)c5)nc4c3Cl)cc2[nH]1. The van der Waals surface area contributed by atoms with Crippen molar-refractivity contribution < 1.29 is 13.9 Å². The number of alkyl halides is 1. The zero-order chi connectivity index (χ0) is 26.6. The molecule has 0 aliphatic carbocycles. The molecule has 11 heteroatoms. The standard InChI is InChI=1S/C27H25ClFN7O2/c1-15-32-19-5-4-18(10-21(19)33-15)38-23-7-6-20-25(24(23)28)34-22(12-30-20)16-11-31-36(13-16)27(2,3)26(37)35-9-8-17(29)14-35/h4-7,10-13,17H,8-9,14H2,1-3H3,(H,32,33)/t17-/m1/s1. The summed E-state index contributed by atoms with van der Waals surface area (Å²) in [4.78, 5) is 31.5. The molecule has 4 heterocycles. The third-order valence-corrected chi connectivity index (χ3v) is 7.17. The quantitative estimate of drug-likeness (QED) is 0.323. The Kier molecular flexibility index (Phi) is 5.79. The fourth-order valence-corrected chi connectivity index (χ4v) is 4.94. The minimum absolute atomic E-state index is 0.116. The minimum atomic E-state index is -0.987. The minimum Gasteiger partial charge on any atom is -0.456 e. The molecule has 0 unspecified atom stereocenters. The van der Waals surface area contributed by atoms with E-state index in [4.69, 9.17) is 21.3 Å². The molecule has 3 aromatic heterocycles. The molecular formula is C27H25ClFN7O2. The van der Waals surface area contributed by atoms with Crippen LogP contribution < -0.4 is 4.74 Å². The van der Waals surface area contributed by atoms with E-state index in [1.54, 1.807) is 54.2 Å². The van der Waals surface area contributed by atoms with Crippen molar-refractivity contribution >= 4 is 39.6 Å². The number of nitrogens with one attached hydrogen (secondary N) is 1. The van der Waals surface area contributed by atoms with Crippen molar-refractivity contribution in [1.29, 1.82) is 0 Å². The van der Waals surface area contributed by atoms with E-state index in [0.717, 1.165) is 16.9 Å². The fourth-order valence-electron chi connectivity index (χ4n) is 4.70. The highest BCUT2D eigenvalue weighted by molar-refractivity contribution is 6.36. The van der Waals surface area contributed by atoms with Crippen LogP contribution in [0.4, 0.5) is 4.39 Å². The molecule has 6 rings (SSSR count). The van der Waals surface area contributed by atoms with Gasteiger partial charge in [-0.3, -0.25) is 14.5 Å². The number of aromatic nitrogens is 6. The van der Waals surface area contributed by atoms with Gasteiger partial charge in [0.1, 0.15) is 39.6 Å². The van der Waals surface area contributed by atoms with Gasteiger partial charge >= 0.3 is 0 Å². The Bertz CT molecular complexity index is 1700. The topological polar surface area (TPSA) is 102 Å². The normalized spacial score (nSPS) is 16.0. The third-order valence-electron chi connectivity index (χ3n) is 6.81. The molecular weight excluding hydrogens is 509 g/mol. The second-order valence-corrected chi connectivity index (χ2v) is 10.4. The van der Waals surface area contributed by atoms with E-state index in [2.05, 4.69) is 20.1 Å². The Balaban J connectivity index is 1.29. The summed E-state index contributed by atoms with van der Waals surface area (Å²) in [5.41, 5.74) is 3.05. The molecule has 2 aromatic carbocycles. The van der Waals surface area contributed by atoms with Gasteiger partial charge in [-0.05, 0) is 51.5 Å².